The Bertz CT molecular complexity index is 717. The van der Waals surface area contributed by atoms with Crippen LogP contribution in [0, 0.1) is 0 Å². The predicted molar refractivity (Wildman–Crippen MR) is 96.9 cm³/mol. The molecule has 26 heavy (non-hydrogen) atoms. The Kier molecular flexibility index (Phi) is 5.94. The van der Waals surface area contributed by atoms with Gasteiger partial charge in [-0.3, -0.25) is 9.59 Å². The van der Waals surface area contributed by atoms with Crippen molar-refractivity contribution in [1.82, 2.24) is 10.2 Å². The molecule has 0 radical (unpaired) electrons. The van der Waals surface area contributed by atoms with Gasteiger partial charge < -0.3 is 19.7 Å². The SMILES string of the molecule is O=C(NCCCC(=O)N1CCC(c2ccc(O)cc2)CC1)c1ccco1. The van der Waals surface area contributed by atoms with Crippen LogP contribution in [0.3, 0.4) is 0 Å². The maximum atomic E-state index is 12.3. The summed E-state index contributed by atoms with van der Waals surface area (Å²) in [6.07, 6.45) is 4.38. The molecule has 2 aromatic rings. The van der Waals surface area contributed by atoms with Gasteiger partial charge in [0.15, 0.2) is 5.76 Å². The average Bonchev–Trinajstić information content (AvgIpc) is 3.20. The van der Waals surface area contributed by atoms with E-state index in [1.807, 2.05) is 17.0 Å². The van der Waals surface area contributed by atoms with E-state index in [9.17, 15) is 14.7 Å². The first kappa shape index (κ1) is 18.0. The lowest BCUT2D eigenvalue weighted by Crippen LogP contribution is -2.38. The molecule has 1 aromatic heterocycles. The average molecular weight is 356 g/mol. The molecule has 6 heteroatoms. The third-order valence-electron chi connectivity index (χ3n) is 4.81. The minimum Gasteiger partial charge on any atom is -0.508 e. The Morgan fingerprint density at radius 3 is 2.54 bits per heavy atom. The van der Waals surface area contributed by atoms with Crippen LogP contribution in [0.2, 0.25) is 0 Å². The van der Waals surface area contributed by atoms with Gasteiger partial charge in [0, 0.05) is 26.1 Å². The maximum absolute atomic E-state index is 12.3. The highest BCUT2D eigenvalue weighted by molar-refractivity contribution is 5.91. The molecule has 1 aliphatic heterocycles. The molecule has 2 N–H and O–H groups in total. The molecule has 0 saturated carbocycles. The van der Waals surface area contributed by atoms with Crippen LogP contribution in [-0.2, 0) is 4.79 Å². The first-order valence-electron chi connectivity index (χ1n) is 9.02. The Morgan fingerprint density at radius 1 is 1.15 bits per heavy atom. The molecule has 1 aromatic carbocycles. The van der Waals surface area contributed by atoms with Crippen LogP contribution in [0.5, 0.6) is 5.75 Å². The van der Waals surface area contributed by atoms with Crippen molar-refractivity contribution in [2.45, 2.75) is 31.6 Å². The van der Waals surface area contributed by atoms with Gasteiger partial charge in [-0.1, -0.05) is 12.1 Å². The van der Waals surface area contributed by atoms with Crippen LogP contribution < -0.4 is 5.32 Å². The summed E-state index contributed by atoms with van der Waals surface area (Å²) in [6.45, 7) is 1.96. The van der Waals surface area contributed by atoms with Crippen molar-refractivity contribution in [2.24, 2.45) is 0 Å². The molecule has 6 nitrogen and oxygen atoms in total. The third-order valence-corrected chi connectivity index (χ3v) is 4.81. The Labute approximate surface area is 152 Å². The summed E-state index contributed by atoms with van der Waals surface area (Å²) in [7, 11) is 0. The number of phenolic OH excluding ortho intramolecular Hbond substituents is 1. The van der Waals surface area contributed by atoms with E-state index in [4.69, 9.17) is 4.42 Å². The number of likely N-dealkylation sites (tertiary alicyclic amines) is 1. The number of amides is 2. The molecule has 1 saturated heterocycles. The molecule has 0 spiro atoms. The minimum atomic E-state index is -0.253. The van der Waals surface area contributed by atoms with Crippen molar-refractivity contribution in [1.29, 1.82) is 0 Å². The molecule has 138 valence electrons. The Balaban J connectivity index is 1.36. The zero-order valence-electron chi connectivity index (χ0n) is 14.7. The number of rotatable bonds is 6. The van der Waals surface area contributed by atoms with Gasteiger partial charge in [0.2, 0.25) is 5.91 Å². The van der Waals surface area contributed by atoms with Gasteiger partial charge >= 0.3 is 0 Å². The van der Waals surface area contributed by atoms with E-state index in [1.165, 1.54) is 11.8 Å². The zero-order chi connectivity index (χ0) is 18.4. The van der Waals surface area contributed by atoms with Gasteiger partial charge in [0.1, 0.15) is 5.75 Å². The molecule has 3 rings (SSSR count). The quantitative estimate of drug-likeness (QED) is 0.780. The number of carbonyl (C=O) groups is 2. The van der Waals surface area contributed by atoms with E-state index in [1.54, 1.807) is 24.3 Å². The molecular formula is C20H24N2O4. The van der Waals surface area contributed by atoms with E-state index >= 15 is 0 Å². The van der Waals surface area contributed by atoms with Crippen LogP contribution in [0.25, 0.3) is 0 Å². The van der Waals surface area contributed by atoms with Crippen LogP contribution in [0.4, 0.5) is 0 Å². The van der Waals surface area contributed by atoms with E-state index in [2.05, 4.69) is 5.32 Å². The second-order valence-electron chi connectivity index (χ2n) is 6.58. The number of nitrogens with zero attached hydrogens (tertiary/aromatic N) is 1. The Hall–Kier alpha value is -2.76. The minimum absolute atomic E-state index is 0.140. The van der Waals surface area contributed by atoms with Crippen LogP contribution in [0.1, 0.15) is 47.7 Å². The molecule has 2 amide bonds. The first-order valence-corrected chi connectivity index (χ1v) is 9.02. The smallest absolute Gasteiger partial charge is 0.286 e. The fourth-order valence-corrected chi connectivity index (χ4v) is 3.30. The van der Waals surface area contributed by atoms with Crippen molar-refractivity contribution in [2.75, 3.05) is 19.6 Å². The summed E-state index contributed by atoms with van der Waals surface area (Å²) in [5, 5.41) is 12.1. The molecule has 0 atom stereocenters. The number of piperidine rings is 1. The molecule has 0 bridgehead atoms. The molecule has 0 aliphatic carbocycles. The van der Waals surface area contributed by atoms with Gasteiger partial charge in [-0.2, -0.15) is 0 Å². The van der Waals surface area contributed by atoms with Gasteiger partial charge in [-0.05, 0) is 55.0 Å². The number of carbonyl (C=O) groups excluding carboxylic acids is 2. The number of hydrogen-bond acceptors (Lipinski definition) is 4. The third kappa shape index (κ3) is 4.65. The summed E-state index contributed by atoms with van der Waals surface area (Å²) >= 11 is 0. The second-order valence-corrected chi connectivity index (χ2v) is 6.58. The van der Waals surface area contributed by atoms with Crippen molar-refractivity contribution in [3.8, 4) is 5.75 Å². The lowest BCUT2D eigenvalue weighted by molar-refractivity contribution is -0.132. The lowest BCUT2D eigenvalue weighted by Gasteiger charge is -2.32. The van der Waals surface area contributed by atoms with Crippen molar-refractivity contribution < 1.29 is 19.1 Å². The zero-order valence-corrected chi connectivity index (χ0v) is 14.7. The molecular weight excluding hydrogens is 332 g/mol. The van der Waals surface area contributed by atoms with Crippen LogP contribution in [0.15, 0.2) is 47.1 Å². The van der Waals surface area contributed by atoms with Gasteiger partial charge in [-0.25, -0.2) is 0 Å². The molecule has 1 fully saturated rings. The lowest BCUT2D eigenvalue weighted by atomic mass is 9.89. The number of nitrogens with one attached hydrogen (secondary N) is 1. The number of aromatic hydroxyl groups is 1. The fourth-order valence-electron chi connectivity index (χ4n) is 3.30. The highest BCUT2D eigenvalue weighted by Gasteiger charge is 2.23. The van der Waals surface area contributed by atoms with Crippen LogP contribution >= 0.6 is 0 Å². The van der Waals surface area contributed by atoms with Gasteiger partial charge in [0.05, 0.1) is 6.26 Å². The van der Waals surface area contributed by atoms with E-state index < -0.39 is 0 Å². The van der Waals surface area contributed by atoms with Gasteiger partial charge in [-0.15, -0.1) is 0 Å². The normalized spacial score (nSPS) is 15.0. The topological polar surface area (TPSA) is 82.8 Å². The first-order chi connectivity index (χ1) is 12.6. The van der Waals surface area contributed by atoms with Crippen molar-refractivity contribution in [3.63, 3.8) is 0 Å². The summed E-state index contributed by atoms with van der Waals surface area (Å²) in [5.74, 6) is 0.888. The molecule has 1 aliphatic rings. The summed E-state index contributed by atoms with van der Waals surface area (Å²) < 4.78 is 5.02. The van der Waals surface area contributed by atoms with Crippen LogP contribution in [-0.4, -0.2) is 41.5 Å². The number of benzene rings is 1. The second kappa shape index (κ2) is 8.56. The Morgan fingerprint density at radius 2 is 1.88 bits per heavy atom. The van der Waals surface area contributed by atoms with E-state index in [0.717, 1.165) is 25.9 Å². The number of phenols is 1. The van der Waals surface area contributed by atoms with Crippen molar-refractivity contribution >= 4 is 11.8 Å². The highest BCUT2D eigenvalue weighted by atomic mass is 16.3. The largest absolute Gasteiger partial charge is 0.508 e. The standard InChI is InChI=1S/C20H24N2O4/c23-17-7-5-15(6-8-17)16-9-12-22(13-10-16)19(24)4-1-11-21-20(25)18-3-2-14-26-18/h2-3,5-8,14,16,23H,1,4,9-13H2,(H,21,25). The van der Waals surface area contributed by atoms with E-state index in [0.29, 0.717) is 25.3 Å². The summed E-state index contributed by atoms with van der Waals surface area (Å²) in [6, 6.07) is 10.6. The maximum Gasteiger partial charge on any atom is 0.286 e. The number of furan rings is 1. The van der Waals surface area contributed by atoms with Crippen molar-refractivity contribution in [3.05, 3.63) is 54.0 Å². The number of hydrogen-bond donors (Lipinski definition) is 2. The summed E-state index contributed by atoms with van der Waals surface area (Å²) in [4.78, 5) is 26.0. The van der Waals surface area contributed by atoms with Gasteiger partial charge in [0.25, 0.3) is 5.91 Å². The summed E-state index contributed by atoms with van der Waals surface area (Å²) in [5.41, 5.74) is 1.22. The molecule has 2 heterocycles. The predicted octanol–water partition coefficient (Wildman–Crippen LogP) is 2.90. The fraction of sp³-hybridized carbons (Fsp3) is 0.400. The highest BCUT2D eigenvalue weighted by Crippen LogP contribution is 2.29. The van der Waals surface area contributed by atoms with E-state index in [-0.39, 0.29) is 23.3 Å². The molecule has 0 unspecified atom stereocenters. The monoisotopic (exact) mass is 356 g/mol.